The lowest BCUT2D eigenvalue weighted by atomic mass is 9.96. The monoisotopic (exact) mass is 291 g/mol. The van der Waals surface area contributed by atoms with Gasteiger partial charge in [0, 0.05) is 13.1 Å². The number of nitrogens with zero attached hydrogens (tertiary/aromatic N) is 1. The van der Waals surface area contributed by atoms with Crippen LogP contribution < -0.4 is 11.1 Å². The zero-order chi connectivity index (χ0) is 15.7. The summed E-state index contributed by atoms with van der Waals surface area (Å²) in [7, 11) is 0. The minimum absolute atomic E-state index is 0.556. The van der Waals surface area contributed by atoms with Crippen LogP contribution in [-0.2, 0) is 13.1 Å². The van der Waals surface area contributed by atoms with Crippen molar-refractivity contribution < 1.29 is 0 Å². The van der Waals surface area contributed by atoms with E-state index in [9.17, 15) is 0 Å². The zero-order valence-electron chi connectivity index (χ0n) is 14.2. The van der Waals surface area contributed by atoms with E-state index in [1.807, 2.05) is 0 Å². The average Bonchev–Trinajstić information content (AvgIpc) is 2.50. The van der Waals surface area contributed by atoms with Crippen LogP contribution in [0.2, 0.25) is 0 Å². The number of nitrogens with two attached hydrogens (primary N) is 1. The van der Waals surface area contributed by atoms with Crippen molar-refractivity contribution in [1.82, 2.24) is 10.2 Å². The Kier molecular flexibility index (Phi) is 8.58. The van der Waals surface area contributed by atoms with Gasteiger partial charge in [-0.1, -0.05) is 52.0 Å². The van der Waals surface area contributed by atoms with Gasteiger partial charge >= 0.3 is 0 Å². The van der Waals surface area contributed by atoms with Crippen molar-refractivity contribution in [2.24, 2.45) is 17.6 Å². The molecule has 0 saturated carbocycles. The lowest BCUT2D eigenvalue weighted by molar-refractivity contribution is 0.294. The molecular formula is C18H33N3. The van der Waals surface area contributed by atoms with E-state index < -0.39 is 0 Å². The lowest BCUT2D eigenvalue weighted by Crippen LogP contribution is -2.32. The summed E-state index contributed by atoms with van der Waals surface area (Å²) >= 11 is 0. The largest absolute Gasteiger partial charge is 0.330 e. The van der Waals surface area contributed by atoms with Crippen molar-refractivity contribution in [2.45, 2.75) is 40.8 Å². The van der Waals surface area contributed by atoms with E-state index in [0.29, 0.717) is 11.8 Å². The maximum absolute atomic E-state index is 5.84. The highest BCUT2D eigenvalue weighted by molar-refractivity contribution is 5.27. The third-order valence-electron chi connectivity index (χ3n) is 4.37. The molecular weight excluding hydrogens is 258 g/mol. The second-order valence-corrected chi connectivity index (χ2v) is 6.10. The van der Waals surface area contributed by atoms with E-state index in [4.69, 9.17) is 5.73 Å². The Morgan fingerprint density at radius 1 is 1.10 bits per heavy atom. The Hall–Kier alpha value is -0.900. The van der Waals surface area contributed by atoms with Crippen LogP contribution in [0.1, 0.15) is 38.8 Å². The van der Waals surface area contributed by atoms with E-state index in [0.717, 1.165) is 39.3 Å². The van der Waals surface area contributed by atoms with Gasteiger partial charge in [-0.25, -0.2) is 0 Å². The predicted molar refractivity (Wildman–Crippen MR) is 92.2 cm³/mol. The molecule has 0 saturated heterocycles. The molecule has 3 N–H and O–H groups in total. The molecule has 0 radical (unpaired) electrons. The van der Waals surface area contributed by atoms with Gasteiger partial charge in [-0.3, -0.25) is 4.90 Å². The quantitative estimate of drug-likeness (QED) is 0.696. The fourth-order valence-corrected chi connectivity index (χ4v) is 2.56. The first-order valence-corrected chi connectivity index (χ1v) is 8.32. The molecule has 0 aliphatic heterocycles. The first-order valence-electron chi connectivity index (χ1n) is 8.32. The molecule has 1 atom stereocenters. The highest BCUT2D eigenvalue weighted by atomic mass is 15.1. The Labute approximate surface area is 130 Å². The number of hydrogen-bond acceptors (Lipinski definition) is 3. The van der Waals surface area contributed by atoms with E-state index in [1.165, 1.54) is 11.1 Å². The van der Waals surface area contributed by atoms with Gasteiger partial charge in [-0.05, 0) is 49.1 Å². The first-order chi connectivity index (χ1) is 10.1. The van der Waals surface area contributed by atoms with Crippen LogP contribution >= 0.6 is 0 Å². The third kappa shape index (κ3) is 6.16. The second kappa shape index (κ2) is 9.93. The normalized spacial score (nSPS) is 13.1. The van der Waals surface area contributed by atoms with Crippen LogP contribution in [0.25, 0.3) is 0 Å². The minimum atomic E-state index is 0.556. The Morgan fingerprint density at radius 3 is 2.24 bits per heavy atom. The van der Waals surface area contributed by atoms with Crippen LogP contribution in [-0.4, -0.2) is 31.1 Å². The number of rotatable bonds is 10. The molecule has 3 heteroatoms. The van der Waals surface area contributed by atoms with Gasteiger partial charge in [-0.15, -0.1) is 0 Å². The molecule has 120 valence electrons. The summed E-state index contributed by atoms with van der Waals surface area (Å²) in [5.74, 6) is 1.19. The fraction of sp³-hybridized carbons (Fsp3) is 0.667. The van der Waals surface area contributed by atoms with E-state index in [2.05, 4.69) is 62.2 Å². The summed E-state index contributed by atoms with van der Waals surface area (Å²) in [5.41, 5.74) is 8.68. The summed E-state index contributed by atoms with van der Waals surface area (Å²) in [6, 6.07) is 8.75. The van der Waals surface area contributed by atoms with Crippen LogP contribution in [0, 0.1) is 11.8 Å². The summed E-state index contributed by atoms with van der Waals surface area (Å²) in [6.45, 7) is 14.8. The maximum Gasteiger partial charge on any atom is 0.0236 e. The standard InChI is InChI=1S/C18H33N3/c1-5-21(6-2)14-17-10-8-7-9-16(17)12-20-13-18(11-19)15(3)4/h7-10,15,18,20H,5-6,11-14,19H2,1-4H3. The Balaban J connectivity index is 2.58. The Bertz CT molecular complexity index is 386. The molecule has 0 fully saturated rings. The average molecular weight is 291 g/mol. The molecule has 1 rings (SSSR count). The van der Waals surface area contributed by atoms with Crippen molar-refractivity contribution in [3.8, 4) is 0 Å². The van der Waals surface area contributed by atoms with Crippen LogP contribution in [0.15, 0.2) is 24.3 Å². The highest BCUT2D eigenvalue weighted by Gasteiger charge is 2.11. The smallest absolute Gasteiger partial charge is 0.0236 e. The molecule has 1 aromatic rings. The number of hydrogen-bond donors (Lipinski definition) is 2. The topological polar surface area (TPSA) is 41.3 Å². The minimum Gasteiger partial charge on any atom is -0.330 e. The van der Waals surface area contributed by atoms with Crippen LogP contribution in [0.4, 0.5) is 0 Å². The first kappa shape index (κ1) is 18.1. The van der Waals surface area contributed by atoms with Crippen molar-refractivity contribution >= 4 is 0 Å². The van der Waals surface area contributed by atoms with Gasteiger partial charge in [0.1, 0.15) is 0 Å². The maximum atomic E-state index is 5.84. The van der Waals surface area contributed by atoms with Gasteiger partial charge in [0.25, 0.3) is 0 Å². The molecule has 0 spiro atoms. The molecule has 0 heterocycles. The molecule has 21 heavy (non-hydrogen) atoms. The molecule has 0 aliphatic rings. The molecule has 0 bridgehead atoms. The van der Waals surface area contributed by atoms with Crippen molar-refractivity contribution in [3.05, 3.63) is 35.4 Å². The third-order valence-corrected chi connectivity index (χ3v) is 4.37. The van der Waals surface area contributed by atoms with Crippen LogP contribution in [0.5, 0.6) is 0 Å². The summed E-state index contributed by atoms with van der Waals surface area (Å²) in [5, 5.41) is 3.59. The van der Waals surface area contributed by atoms with Gasteiger partial charge in [0.2, 0.25) is 0 Å². The lowest BCUT2D eigenvalue weighted by Gasteiger charge is -2.22. The van der Waals surface area contributed by atoms with Gasteiger partial charge in [0.05, 0.1) is 0 Å². The molecule has 0 aliphatic carbocycles. The van der Waals surface area contributed by atoms with Gasteiger partial charge < -0.3 is 11.1 Å². The van der Waals surface area contributed by atoms with Crippen molar-refractivity contribution in [3.63, 3.8) is 0 Å². The van der Waals surface area contributed by atoms with E-state index in [-0.39, 0.29) is 0 Å². The van der Waals surface area contributed by atoms with Gasteiger partial charge in [-0.2, -0.15) is 0 Å². The van der Waals surface area contributed by atoms with Gasteiger partial charge in [0.15, 0.2) is 0 Å². The molecule has 1 unspecified atom stereocenters. The van der Waals surface area contributed by atoms with Crippen molar-refractivity contribution in [1.29, 1.82) is 0 Å². The summed E-state index contributed by atoms with van der Waals surface area (Å²) in [4.78, 5) is 2.45. The number of benzene rings is 1. The molecule has 0 amide bonds. The molecule has 3 nitrogen and oxygen atoms in total. The summed E-state index contributed by atoms with van der Waals surface area (Å²) in [6.07, 6.45) is 0. The van der Waals surface area contributed by atoms with Crippen LogP contribution in [0.3, 0.4) is 0 Å². The van der Waals surface area contributed by atoms with E-state index >= 15 is 0 Å². The fourth-order valence-electron chi connectivity index (χ4n) is 2.56. The molecule has 0 aromatic heterocycles. The molecule has 1 aromatic carbocycles. The summed E-state index contributed by atoms with van der Waals surface area (Å²) < 4.78 is 0. The predicted octanol–water partition coefficient (Wildman–Crippen LogP) is 2.85. The van der Waals surface area contributed by atoms with Crippen molar-refractivity contribution in [2.75, 3.05) is 26.2 Å². The Morgan fingerprint density at radius 2 is 1.71 bits per heavy atom. The second-order valence-electron chi connectivity index (χ2n) is 6.10. The number of nitrogens with one attached hydrogen (secondary N) is 1. The SMILES string of the molecule is CCN(CC)Cc1ccccc1CNCC(CN)C(C)C. The zero-order valence-corrected chi connectivity index (χ0v) is 14.2. The van der Waals surface area contributed by atoms with E-state index in [1.54, 1.807) is 0 Å². The highest BCUT2D eigenvalue weighted by Crippen LogP contribution is 2.13.